The van der Waals surface area contributed by atoms with Gasteiger partial charge in [-0.2, -0.15) is 0 Å². The predicted octanol–water partition coefficient (Wildman–Crippen LogP) is 1.43. The second-order valence-corrected chi connectivity index (χ2v) is 2.72. The highest BCUT2D eigenvalue weighted by Gasteiger charge is 2.16. The van der Waals surface area contributed by atoms with Crippen molar-refractivity contribution in [3.8, 4) is 5.75 Å². The van der Waals surface area contributed by atoms with Crippen LogP contribution in [0.4, 0.5) is 4.39 Å². The van der Waals surface area contributed by atoms with Crippen molar-refractivity contribution in [2.75, 3.05) is 0 Å². The van der Waals surface area contributed by atoms with Crippen molar-refractivity contribution in [3.05, 3.63) is 29.1 Å². The molecule has 1 aromatic carbocycles. The zero-order valence-corrected chi connectivity index (χ0v) is 7.24. The number of benzene rings is 1. The molecular formula is C9H7FO4. The lowest BCUT2D eigenvalue weighted by Crippen LogP contribution is -2.02. The van der Waals surface area contributed by atoms with Crippen LogP contribution in [0, 0.1) is 5.82 Å². The van der Waals surface area contributed by atoms with Crippen LogP contribution < -0.4 is 0 Å². The Hall–Kier alpha value is -1.91. The van der Waals surface area contributed by atoms with Crippen molar-refractivity contribution < 1.29 is 24.2 Å². The van der Waals surface area contributed by atoms with Crippen LogP contribution >= 0.6 is 0 Å². The van der Waals surface area contributed by atoms with E-state index in [1.54, 1.807) is 0 Å². The van der Waals surface area contributed by atoms with Crippen molar-refractivity contribution in [3.63, 3.8) is 0 Å². The third kappa shape index (κ3) is 1.71. The Morgan fingerprint density at radius 3 is 2.36 bits per heavy atom. The largest absolute Gasteiger partial charge is 0.504 e. The Labute approximate surface area is 78.6 Å². The fourth-order valence-corrected chi connectivity index (χ4v) is 0.991. The molecular weight excluding hydrogens is 191 g/mol. The predicted molar refractivity (Wildman–Crippen MR) is 45.0 cm³/mol. The van der Waals surface area contributed by atoms with Gasteiger partial charge in [-0.25, -0.2) is 9.18 Å². The molecule has 0 aromatic heterocycles. The molecule has 0 atom stereocenters. The Balaban J connectivity index is 3.43. The van der Waals surface area contributed by atoms with Gasteiger partial charge in [0.05, 0.1) is 11.1 Å². The first-order chi connectivity index (χ1) is 6.43. The van der Waals surface area contributed by atoms with Gasteiger partial charge in [0.2, 0.25) is 0 Å². The lowest BCUT2D eigenvalue weighted by Gasteiger charge is -2.03. The molecule has 0 aliphatic heterocycles. The number of carboxylic acid groups (broad SMARTS) is 1. The second kappa shape index (κ2) is 3.45. The number of ketones is 1. The van der Waals surface area contributed by atoms with Gasteiger partial charge < -0.3 is 10.2 Å². The molecule has 1 aromatic rings. The number of rotatable bonds is 2. The number of carbonyl (C=O) groups excluding carboxylic acids is 1. The number of phenols is 1. The number of Topliss-reactive ketones (excluding diaryl/α,β-unsaturated/α-hetero) is 1. The summed E-state index contributed by atoms with van der Waals surface area (Å²) in [6.45, 7) is 1.11. The van der Waals surface area contributed by atoms with E-state index in [9.17, 15) is 14.0 Å². The molecule has 0 radical (unpaired) electrons. The summed E-state index contributed by atoms with van der Waals surface area (Å²) in [4.78, 5) is 21.4. The summed E-state index contributed by atoms with van der Waals surface area (Å²) in [5.74, 6) is -3.88. The van der Waals surface area contributed by atoms with Gasteiger partial charge >= 0.3 is 5.97 Å². The average Bonchev–Trinajstić information content (AvgIpc) is 2.08. The van der Waals surface area contributed by atoms with Gasteiger partial charge in [0, 0.05) is 0 Å². The SMILES string of the molecule is CC(=O)c1cc(C(=O)O)cc(F)c1O. The van der Waals surface area contributed by atoms with Crippen LogP contribution in [0.2, 0.25) is 0 Å². The van der Waals surface area contributed by atoms with Gasteiger partial charge in [0.25, 0.3) is 0 Å². The van der Waals surface area contributed by atoms with E-state index >= 15 is 0 Å². The number of hydrogen-bond donors (Lipinski definition) is 2. The molecule has 14 heavy (non-hydrogen) atoms. The molecule has 0 amide bonds. The quantitative estimate of drug-likeness (QED) is 0.705. The minimum Gasteiger partial charge on any atom is -0.504 e. The summed E-state index contributed by atoms with van der Waals surface area (Å²) < 4.78 is 12.9. The fourth-order valence-electron chi connectivity index (χ4n) is 0.991. The maximum atomic E-state index is 12.9. The monoisotopic (exact) mass is 198 g/mol. The van der Waals surface area contributed by atoms with Crippen LogP contribution in [0.15, 0.2) is 12.1 Å². The van der Waals surface area contributed by atoms with E-state index in [0.717, 1.165) is 13.0 Å². The molecule has 0 fully saturated rings. The van der Waals surface area contributed by atoms with Crippen molar-refractivity contribution in [1.82, 2.24) is 0 Å². The maximum Gasteiger partial charge on any atom is 0.335 e. The van der Waals surface area contributed by atoms with Crippen molar-refractivity contribution in [2.45, 2.75) is 6.92 Å². The molecule has 0 spiro atoms. The minimum absolute atomic E-state index is 0.331. The highest BCUT2D eigenvalue weighted by Crippen LogP contribution is 2.23. The lowest BCUT2D eigenvalue weighted by atomic mass is 10.1. The highest BCUT2D eigenvalue weighted by atomic mass is 19.1. The van der Waals surface area contributed by atoms with Gasteiger partial charge in [-0.3, -0.25) is 4.79 Å². The van der Waals surface area contributed by atoms with Crippen molar-refractivity contribution in [1.29, 1.82) is 0 Å². The Kier molecular flexibility index (Phi) is 2.51. The smallest absolute Gasteiger partial charge is 0.335 e. The van der Waals surface area contributed by atoms with Crippen LogP contribution in [-0.4, -0.2) is 22.0 Å². The van der Waals surface area contributed by atoms with E-state index in [2.05, 4.69) is 0 Å². The van der Waals surface area contributed by atoms with Crippen LogP contribution in [0.25, 0.3) is 0 Å². The third-order valence-electron chi connectivity index (χ3n) is 1.69. The average molecular weight is 198 g/mol. The Morgan fingerprint density at radius 1 is 1.36 bits per heavy atom. The number of aromatic hydroxyl groups is 1. The summed E-state index contributed by atoms with van der Waals surface area (Å²) >= 11 is 0. The van der Waals surface area contributed by atoms with Gasteiger partial charge in [0.1, 0.15) is 0 Å². The number of carbonyl (C=O) groups is 2. The Morgan fingerprint density at radius 2 is 1.93 bits per heavy atom. The summed E-state index contributed by atoms with van der Waals surface area (Å²) in [5.41, 5.74) is -0.701. The highest BCUT2D eigenvalue weighted by molar-refractivity contribution is 5.99. The van der Waals surface area contributed by atoms with Crippen LogP contribution in [0.5, 0.6) is 5.75 Å². The van der Waals surface area contributed by atoms with Gasteiger partial charge in [-0.15, -0.1) is 0 Å². The first kappa shape index (κ1) is 10.2. The van der Waals surface area contributed by atoms with E-state index in [-0.39, 0.29) is 11.1 Å². The number of carboxylic acids is 1. The van der Waals surface area contributed by atoms with Crippen LogP contribution in [0.1, 0.15) is 27.6 Å². The van der Waals surface area contributed by atoms with E-state index in [1.807, 2.05) is 0 Å². The molecule has 5 heteroatoms. The summed E-state index contributed by atoms with van der Waals surface area (Å²) in [5, 5.41) is 17.6. The number of hydrogen-bond acceptors (Lipinski definition) is 3. The molecule has 0 aliphatic rings. The molecule has 0 saturated carbocycles. The van der Waals surface area contributed by atoms with Gasteiger partial charge in [-0.1, -0.05) is 0 Å². The maximum absolute atomic E-state index is 12.9. The number of phenolic OH excluding ortho intramolecular Hbond substituents is 1. The van der Waals surface area contributed by atoms with E-state index in [1.165, 1.54) is 0 Å². The van der Waals surface area contributed by atoms with E-state index in [0.29, 0.717) is 6.07 Å². The van der Waals surface area contributed by atoms with Crippen molar-refractivity contribution >= 4 is 11.8 Å². The first-order valence-electron chi connectivity index (χ1n) is 3.70. The summed E-state index contributed by atoms with van der Waals surface area (Å²) in [7, 11) is 0. The minimum atomic E-state index is -1.36. The Bertz CT molecular complexity index is 412. The molecule has 1 rings (SSSR count). The van der Waals surface area contributed by atoms with Crippen LogP contribution in [0.3, 0.4) is 0 Å². The van der Waals surface area contributed by atoms with Crippen LogP contribution in [-0.2, 0) is 0 Å². The number of halogens is 1. The molecule has 0 heterocycles. The normalized spacial score (nSPS) is 9.86. The van der Waals surface area contributed by atoms with E-state index in [4.69, 9.17) is 10.2 Å². The van der Waals surface area contributed by atoms with E-state index < -0.39 is 23.3 Å². The molecule has 0 aliphatic carbocycles. The summed E-state index contributed by atoms with van der Waals surface area (Å²) in [6.07, 6.45) is 0. The third-order valence-corrected chi connectivity index (χ3v) is 1.69. The molecule has 2 N–H and O–H groups in total. The molecule has 0 unspecified atom stereocenters. The lowest BCUT2D eigenvalue weighted by molar-refractivity contribution is 0.0696. The van der Waals surface area contributed by atoms with Gasteiger partial charge in [0.15, 0.2) is 17.3 Å². The van der Waals surface area contributed by atoms with Crippen molar-refractivity contribution in [2.24, 2.45) is 0 Å². The first-order valence-corrected chi connectivity index (χ1v) is 3.70. The second-order valence-electron chi connectivity index (χ2n) is 2.72. The zero-order chi connectivity index (χ0) is 10.9. The molecule has 0 bridgehead atoms. The fraction of sp³-hybridized carbons (Fsp3) is 0.111. The summed E-state index contributed by atoms with van der Waals surface area (Å²) in [6, 6.07) is 1.59. The standard InChI is InChI=1S/C9H7FO4/c1-4(11)6-2-5(9(13)14)3-7(10)8(6)12/h2-3,12H,1H3,(H,13,14). The molecule has 4 nitrogen and oxygen atoms in total. The molecule has 0 saturated heterocycles. The zero-order valence-electron chi connectivity index (χ0n) is 7.24. The van der Waals surface area contributed by atoms with Gasteiger partial charge in [-0.05, 0) is 19.1 Å². The number of aromatic carboxylic acids is 1. The molecule has 74 valence electrons. The topological polar surface area (TPSA) is 74.6 Å².